The zero-order chi connectivity index (χ0) is 14.5. The molecule has 2 nitrogen and oxygen atoms in total. The van der Waals surface area contributed by atoms with Crippen molar-refractivity contribution in [3.63, 3.8) is 0 Å². The summed E-state index contributed by atoms with van der Waals surface area (Å²) in [5, 5.41) is 2.06. The quantitative estimate of drug-likeness (QED) is 0.657. The zero-order valence-corrected chi connectivity index (χ0v) is 12.4. The maximum Gasteiger partial charge on any atom is 0.127 e. The first kappa shape index (κ1) is 14.0. The molecule has 2 aromatic heterocycles. The van der Waals surface area contributed by atoms with E-state index in [1.54, 1.807) is 23.7 Å². The van der Waals surface area contributed by atoms with Crippen molar-refractivity contribution in [2.75, 3.05) is 0 Å². The van der Waals surface area contributed by atoms with Crippen molar-refractivity contribution in [3.05, 3.63) is 82.2 Å². The van der Waals surface area contributed by atoms with E-state index in [4.69, 9.17) is 4.42 Å². The van der Waals surface area contributed by atoms with Crippen molar-refractivity contribution >= 4 is 11.3 Å². The Morgan fingerprint density at radius 3 is 2.57 bits per heavy atom. The van der Waals surface area contributed by atoms with Crippen molar-refractivity contribution in [1.29, 1.82) is 0 Å². The summed E-state index contributed by atoms with van der Waals surface area (Å²) < 4.78 is 19.3. The van der Waals surface area contributed by atoms with Gasteiger partial charge in [-0.05, 0) is 29.6 Å². The van der Waals surface area contributed by atoms with Crippen LogP contribution in [0, 0.1) is 5.82 Å². The SMILES string of the molecule is Fc1ccccc1CN(Cc1ccco1)Cc1cccs1. The topological polar surface area (TPSA) is 16.4 Å². The number of nitrogens with zero attached hydrogens (tertiary/aromatic N) is 1. The Bertz CT molecular complexity index is 628. The van der Waals surface area contributed by atoms with Crippen LogP contribution in [0.3, 0.4) is 0 Å². The molecule has 0 N–H and O–H groups in total. The predicted octanol–water partition coefficient (Wildman–Crippen LogP) is 4.68. The molecule has 0 saturated heterocycles. The number of furan rings is 1. The second kappa shape index (κ2) is 6.70. The summed E-state index contributed by atoms with van der Waals surface area (Å²) in [6, 6.07) is 14.9. The first-order valence-corrected chi connectivity index (χ1v) is 7.70. The van der Waals surface area contributed by atoms with Crippen LogP contribution in [0.15, 0.2) is 64.6 Å². The van der Waals surface area contributed by atoms with Gasteiger partial charge < -0.3 is 4.42 Å². The molecule has 0 aliphatic heterocycles. The minimum Gasteiger partial charge on any atom is -0.468 e. The molecular weight excluding hydrogens is 285 g/mol. The molecule has 4 heteroatoms. The summed E-state index contributed by atoms with van der Waals surface area (Å²) in [5.74, 6) is 0.732. The van der Waals surface area contributed by atoms with Gasteiger partial charge in [0.2, 0.25) is 0 Å². The molecular formula is C17H16FNOS. The van der Waals surface area contributed by atoms with Crippen LogP contribution in [0.5, 0.6) is 0 Å². The maximum absolute atomic E-state index is 13.9. The molecule has 0 spiro atoms. The van der Waals surface area contributed by atoms with Gasteiger partial charge >= 0.3 is 0 Å². The van der Waals surface area contributed by atoms with Crippen molar-refractivity contribution in [2.24, 2.45) is 0 Å². The van der Waals surface area contributed by atoms with Gasteiger partial charge in [0.1, 0.15) is 11.6 Å². The van der Waals surface area contributed by atoms with Crippen LogP contribution in [0.4, 0.5) is 4.39 Å². The average Bonchev–Trinajstić information content (AvgIpc) is 3.15. The largest absolute Gasteiger partial charge is 0.468 e. The molecule has 0 radical (unpaired) electrons. The van der Waals surface area contributed by atoms with E-state index >= 15 is 0 Å². The van der Waals surface area contributed by atoms with Crippen LogP contribution >= 0.6 is 11.3 Å². The molecule has 0 aliphatic rings. The van der Waals surface area contributed by atoms with Crippen LogP contribution in [0.25, 0.3) is 0 Å². The third-order valence-electron chi connectivity index (χ3n) is 3.27. The molecule has 0 bridgehead atoms. The fourth-order valence-corrected chi connectivity index (χ4v) is 3.03. The highest BCUT2D eigenvalue weighted by atomic mass is 32.1. The molecule has 2 heterocycles. The van der Waals surface area contributed by atoms with Crippen LogP contribution in [0.1, 0.15) is 16.2 Å². The summed E-state index contributed by atoms with van der Waals surface area (Å²) in [7, 11) is 0. The molecule has 3 rings (SSSR count). The lowest BCUT2D eigenvalue weighted by atomic mass is 10.2. The van der Waals surface area contributed by atoms with Crippen LogP contribution in [-0.4, -0.2) is 4.90 Å². The average molecular weight is 301 g/mol. The molecule has 0 atom stereocenters. The minimum absolute atomic E-state index is 0.159. The number of thiophene rings is 1. The summed E-state index contributed by atoms with van der Waals surface area (Å²) >= 11 is 1.71. The Morgan fingerprint density at radius 1 is 0.952 bits per heavy atom. The molecule has 21 heavy (non-hydrogen) atoms. The maximum atomic E-state index is 13.9. The summed E-state index contributed by atoms with van der Waals surface area (Å²) in [6.45, 7) is 2.01. The molecule has 1 aromatic carbocycles. The van der Waals surface area contributed by atoms with Gasteiger partial charge in [-0.15, -0.1) is 11.3 Å². The van der Waals surface area contributed by atoms with E-state index in [9.17, 15) is 4.39 Å². The minimum atomic E-state index is -0.159. The van der Waals surface area contributed by atoms with E-state index in [0.717, 1.165) is 12.3 Å². The first-order valence-electron chi connectivity index (χ1n) is 6.82. The van der Waals surface area contributed by atoms with Gasteiger partial charge in [-0.25, -0.2) is 4.39 Å². The Morgan fingerprint density at radius 2 is 1.86 bits per heavy atom. The lowest BCUT2D eigenvalue weighted by molar-refractivity contribution is 0.226. The van der Waals surface area contributed by atoms with Crippen molar-refractivity contribution in [3.8, 4) is 0 Å². The monoisotopic (exact) mass is 301 g/mol. The van der Waals surface area contributed by atoms with E-state index in [-0.39, 0.29) is 5.82 Å². The summed E-state index contributed by atoms with van der Waals surface area (Å²) in [6.07, 6.45) is 1.67. The highest BCUT2D eigenvalue weighted by Gasteiger charge is 2.12. The number of hydrogen-bond acceptors (Lipinski definition) is 3. The molecule has 0 amide bonds. The third-order valence-corrected chi connectivity index (χ3v) is 4.13. The molecule has 3 aromatic rings. The fraction of sp³-hybridized carbons (Fsp3) is 0.176. The first-order chi connectivity index (χ1) is 10.3. The number of benzene rings is 1. The summed E-state index contributed by atoms with van der Waals surface area (Å²) in [5.41, 5.74) is 0.709. The Labute approximate surface area is 127 Å². The van der Waals surface area contributed by atoms with E-state index < -0.39 is 0 Å². The van der Waals surface area contributed by atoms with E-state index in [1.165, 1.54) is 10.9 Å². The Balaban J connectivity index is 1.76. The predicted molar refractivity (Wildman–Crippen MR) is 82.4 cm³/mol. The number of rotatable bonds is 6. The molecule has 108 valence electrons. The second-order valence-corrected chi connectivity index (χ2v) is 5.93. The van der Waals surface area contributed by atoms with Crippen molar-refractivity contribution in [1.82, 2.24) is 4.90 Å². The second-order valence-electron chi connectivity index (χ2n) is 4.90. The molecule has 0 aliphatic carbocycles. The van der Waals surface area contributed by atoms with E-state index in [0.29, 0.717) is 18.7 Å². The van der Waals surface area contributed by atoms with Gasteiger partial charge in [0, 0.05) is 23.5 Å². The highest BCUT2D eigenvalue weighted by molar-refractivity contribution is 7.09. The number of halogens is 1. The normalized spacial score (nSPS) is 11.1. The van der Waals surface area contributed by atoms with E-state index in [2.05, 4.69) is 16.3 Å². The summed E-state index contributed by atoms with van der Waals surface area (Å²) in [4.78, 5) is 3.45. The third kappa shape index (κ3) is 3.80. The van der Waals surface area contributed by atoms with Crippen LogP contribution < -0.4 is 0 Å². The fourth-order valence-electron chi connectivity index (χ4n) is 2.28. The lowest BCUT2D eigenvalue weighted by Crippen LogP contribution is -2.22. The van der Waals surface area contributed by atoms with Gasteiger partial charge in [-0.3, -0.25) is 4.90 Å². The van der Waals surface area contributed by atoms with Crippen molar-refractivity contribution < 1.29 is 8.81 Å². The number of hydrogen-bond donors (Lipinski definition) is 0. The Hall–Kier alpha value is -1.91. The van der Waals surface area contributed by atoms with E-state index in [1.807, 2.05) is 30.3 Å². The zero-order valence-electron chi connectivity index (χ0n) is 11.5. The van der Waals surface area contributed by atoms with Gasteiger partial charge in [-0.2, -0.15) is 0 Å². The highest BCUT2D eigenvalue weighted by Crippen LogP contribution is 2.18. The van der Waals surface area contributed by atoms with Gasteiger partial charge in [0.15, 0.2) is 0 Å². The molecule has 0 unspecified atom stereocenters. The van der Waals surface area contributed by atoms with Gasteiger partial charge in [0.05, 0.1) is 12.8 Å². The lowest BCUT2D eigenvalue weighted by Gasteiger charge is -2.21. The van der Waals surface area contributed by atoms with Gasteiger partial charge in [-0.1, -0.05) is 24.3 Å². The molecule has 0 saturated carbocycles. The van der Waals surface area contributed by atoms with Gasteiger partial charge in [0.25, 0.3) is 0 Å². The van der Waals surface area contributed by atoms with Crippen molar-refractivity contribution in [2.45, 2.75) is 19.6 Å². The van der Waals surface area contributed by atoms with Crippen LogP contribution in [0.2, 0.25) is 0 Å². The Kier molecular flexibility index (Phi) is 4.48. The smallest absolute Gasteiger partial charge is 0.127 e. The van der Waals surface area contributed by atoms with Crippen LogP contribution in [-0.2, 0) is 19.6 Å². The standard InChI is InChI=1S/C17H16FNOS/c18-17-8-2-1-5-14(17)11-19(12-15-6-3-9-20-15)13-16-7-4-10-21-16/h1-10H,11-13H2. The molecule has 0 fully saturated rings.